The summed E-state index contributed by atoms with van der Waals surface area (Å²) in [4.78, 5) is 19.3. The third-order valence-electron chi connectivity index (χ3n) is 5.66. The van der Waals surface area contributed by atoms with E-state index in [9.17, 15) is 4.79 Å². The van der Waals surface area contributed by atoms with Crippen molar-refractivity contribution in [1.29, 1.82) is 0 Å². The van der Waals surface area contributed by atoms with E-state index >= 15 is 0 Å². The topological polar surface area (TPSA) is 47.4 Å². The van der Waals surface area contributed by atoms with Crippen LogP contribution in [0.4, 0.5) is 0 Å². The van der Waals surface area contributed by atoms with Crippen LogP contribution in [0.1, 0.15) is 62.4 Å². The number of aryl methyl sites for hydroxylation is 1. The molecule has 0 radical (unpaired) electrons. The molecule has 2 heterocycles. The maximum absolute atomic E-state index is 12.6. The number of rotatable bonds is 7. The molecule has 1 aliphatic heterocycles. The maximum Gasteiger partial charge on any atom is 0.222 e. The number of imidazole rings is 1. The van der Waals surface area contributed by atoms with E-state index in [1.54, 1.807) is 7.11 Å². The van der Waals surface area contributed by atoms with Gasteiger partial charge in [0.25, 0.3) is 0 Å². The van der Waals surface area contributed by atoms with Crippen LogP contribution in [0.25, 0.3) is 0 Å². The van der Waals surface area contributed by atoms with E-state index in [4.69, 9.17) is 4.74 Å². The second-order valence-electron chi connectivity index (χ2n) is 7.44. The zero-order valence-corrected chi connectivity index (χ0v) is 15.2. The molecule has 2 fully saturated rings. The van der Waals surface area contributed by atoms with Crippen molar-refractivity contribution in [3.8, 4) is 0 Å². The first-order chi connectivity index (χ1) is 11.7. The molecule has 0 spiro atoms. The Labute approximate surface area is 145 Å². The number of amides is 1. The third kappa shape index (κ3) is 4.00. The highest BCUT2D eigenvalue weighted by Gasteiger charge is 2.31. The Morgan fingerprint density at radius 2 is 2.12 bits per heavy atom. The lowest BCUT2D eigenvalue weighted by Crippen LogP contribution is -2.30. The molecule has 1 aromatic heterocycles. The molecule has 1 unspecified atom stereocenters. The minimum absolute atomic E-state index is 0.360. The van der Waals surface area contributed by atoms with Crippen molar-refractivity contribution < 1.29 is 9.53 Å². The highest BCUT2D eigenvalue weighted by atomic mass is 16.5. The van der Waals surface area contributed by atoms with Crippen molar-refractivity contribution in [3.63, 3.8) is 0 Å². The first kappa shape index (κ1) is 17.5. The average molecular weight is 333 g/mol. The number of hydrogen-bond donors (Lipinski definition) is 0. The molecule has 0 bridgehead atoms. The molecule has 2 aliphatic rings. The lowest BCUT2D eigenvalue weighted by Gasteiger charge is -2.19. The van der Waals surface area contributed by atoms with Crippen molar-refractivity contribution >= 4 is 5.91 Å². The van der Waals surface area contributed by atoms with E-state index in [2.05, 4.69) is 21.4 Å². The molecule has 134 valence electrons. The number of nitrogens with zero attached hydrogens (tertiary/aromatic N) is 3. The van der Waals surface area contributed by atoms with Gasteiger partial charge in [-0.25, -0.2) is 4.98 Å². The van der Waals surface area contributed by atoms with Gasteiger partial charge in [0.05, 0.1) is 0 Å². The fraction of sp³-hybridized carbons (Fsp3) is 0.789. The lowest BCUT2D eigenvalue weighted by atomic mass is 10.0. The van der Waals surface area contributed by atoms with E-state index in [-0.39, 0.29) is 0 Å². The number of carbonyl (C=O) groups is 1. The van der Waals surface area contributed by atoms with Crippen LogP contribution in [-0.4, -0.2) is 47.2 Å². The molecule has 1 atom stereocenters. The third-order valence-corrected chi connectivity index (χ3v) is 5.66. The highest BCUT2D eigenvalue weighted by molar-refractivity contribution is 5.76. The van der Waals surface area contributed by atoms with Crippen LogP contribution in [0.5, 0.6) is 0 Å². The summed E-state index contributed by atoms with van der Waals surface area (Å²) in [7, 11) is 1.74. The second-order valence-corrected chi connectivity index (χ2v) is 7.44. The van der Waals surface area contributed by atoms with Gasteiger partial charge < -0.3 is 14.2 Å². The summed E-state index contributed by atoms with van der Waals surface area (Å²) in [6.45, 7) is 5.56. The second kappa shape index (κ2) is 8.15. The van der Waals surface area contributed by atoms with Gasteiger partial charge in [0.15, 0.2) is 0 Å². The molecule has 1 amide bonds. The fourth-order valence-electron chi connectivity index (χ4n) is 4.25. The van der Waals surface area contributed by atoms with Gasteiger partial charge >= 0.3 is 0 Å². The Morgan fingerprint density at radius 3 is 2.88 bits per heavy atom. The SMILES string of the molecule is COCCCn1c(C)cnc1C1CCN(C(=O)CC2CCCC2)C1. The summed E-state index contributed by atoms with van der Waals surface area (Å²) in [5, 5.41) is 0. The predicted octanol–water partition coefficient (Wildman–Crippen LogP) is 3.12. The molecule has 0 aromatic carbocycles. The Hall–Kier alpha value is -1.36. The van der Waals surface area contributed by atoms with Crippen molar-refractivity contribution in [2.45, 2.75) is 64.3 Å². The van der Waals surface area contributed by atoms with E-state index in [0.29, 0.717) is 17.7 Å². The average Bonchev–Trinajstić information content (AvgIpc) is 3.29. The maximum atomic E-state index is 12.6. The molecule has 5 heteroatoms. The van der Waals surface area contributed by atoms with Crippen LogP contribution in [0.3, 0.4) is 0 Å². The molecule has 1 aliphatic carbocycles. The monoisotopic (exact) mass is 333 g/mol. The Balaban J connectivity index is 1.57. The minimum Gasteiger partial charge on any atom is -0.385 e. The first-order valence-electron chi connectivity index (χ1n) is 9.47. The zero-order chi connectivity index (χ0) is 16.9. The summed E-state index contributed by atoms with van der Waals surface area (Å²) < 4.78 is 7.48. The van der Waals surface area contributed by atoms with Gasteiger partial charge in [-0.1, -0.05) is 12.8 Å². The van der Waals surface area contributed by atoms with Crippen LogP contribution in [0.2, 0.25) is 0 Å². The van der Waals surface area contributed by atoms with Crippen molar-refractivity contribution in [3.05, 3.63) is 17.7 Å². The number of methoxy groups -OCH3 is 1. The van der Waals surface area contributed by atoms with Crippen LogP contribution < -0.4 is 0 Å². The molecular formula is C19H31N3O2. The summed E-state index contributed by atoms with van der Waals surface area (Å²) in [5.74, 6) is 2.53. The Kier molecular flexibility index (Phi) is 5.93. The number of hydrogen-bond acceptors (Lipinski definition) is 3. The largest absolute Gasteiger partial charge is 0.385 e. The van der Waals surface area contributed by atoms with Gasteiger partial charge in [0, 0.05) is 57.6 Å². The zero-order valence-electron chi connectivity index (χ0n) is 15.2. The van der Waals surface area contributed by atoms with Gasteiger partial charge in [-0.15, -0.1) is 0 Å². The van der Waals surface area contributed by atoms with E-state index in [1.165, 1.54) is 31.4 Å². The van der Waals surface area contributed by atoms with E-state index < -0.39 is 0 Å². The number of likely N-dealkylation sites (tertiary alicyclic amines) is 1. The summed E-state index contributed by atoms with van der Waals surface area (Å²) in [5.41, 5.74) is 1.21. The molecule has 1 saturated carbocycles. The Morgan fingerprint density at radius 1 is 1.33 bits per heavy atom. The van der Waals surface area contributed by atoms with Gasteiger partial charge in [0.1, 0.15) is 5.82 Å². The summed E-state index contributed by atoms with van der Waals surface area (Å²) >= 11 is 0. The standard InChI is InChI=1S/C19H31N3O2/c1-15-13-20-19(22(15)9-5-11-24-2)17-8-10-21(14-17)18(23)12-16-6-3-4-7-16/h13,16-17H,3-12,14H2,1-2H3. The van der Waals surface area contributed by atoms with Crippen molar-refractivity contribution in [2.24, 2.45) is 5.92 Å². The summed E-state index contributed by atoms with van der Waals surface area (Å²) in [6.07, 6.45) is 9.85. The van der Waals surface area contributed by atoms with Crippen LogP contribution in [0, 0.1) is 12.8 Å². The Bertz CT molecular complexity index is 549. The van der Waals surface area contributed by atoms with E-state index in [0.717, 1.165) is 51.3 Å². The summed E-state index contributed by atoms with van der Waals surface area (Å²) in [6, 6.07) is 0. The molecule has 0 N–H and O–H groups in total. The van der Waals surface area contributed by atoms with Crippen molar-refractivity contribution in [2.75, 3.05) is 26.8 Å². The van der Waals surface area contributed by atoms with E-state index in [1.807, 2.05) is 6.20 Å². The van der Waals surface area contributed by atoms with Crippen molar-refractivity contribution in [1.82, 2.24) is 14.5 Å². The predicted molar refractivity (Wildman–Crippen MR) is 94.0 cm³/mol. The number of aromatic nitrogens is 2. The number of carbonyl (C=O) groups excluding carboxylic acids is 1. The van der Waals surface area contributed by atoms with Gasteiger partial charge in [0.2, 0.25) is 5.91 Å². The molecule has 1 saturated heterocycles. The normalized spacial score (nSPS) is 21.8. The molecule has 3 rings (SSSR count). The van der Waals surface area contributed by atoms with Gasteiger partial charge in [-0.2, -0.15) is 0 Å². The smallest absolute Gasteiger partial charge is 0.222 e. The molecular weight excluding hydrogens is 302 g/mol. The molecule has 24 heavy (non-hydrogen) atoms. The fourth-order valence-corrected chi connectivity index (χ4v) is 4.25. The minimum atomic E-state index is 0.360. The number of ether oxygens (including phenoxy) is 1. The van der Waals surface area contributed by atoms with Crippen LogP contribution in [0.15, 0.2) is 6.20 Å². The lowest BCUT2D eigenvalue weighted by molar-refractivity contribution is -0.131. The van der Waals surface area contributed by atoms with Crippen LogP contribution >= 0.6 is 0 Å². The quantitative estimate of drug-likeness (QED) is 0.720. The van der Waals surface area contributed by atoms with Crippen LogP contribution in [-0.2, 0) is 16.1 Å². The first-order valence-corrected chi connectivity index (χ1v) is 9.47. The van der Waals surface area contributed by atoms with Gasteiger partial charge in [-0.3, -0.25) is 4.79 Å². The molecule has 1 aromatic rings. The highest BCUT2D eigenvalue weighted by Crippen LogP contribution is 2.31. The molecule has 5 nitrogen and oxygen atoms in total. The van der Waals surface area contributed by atoms with Gasteiger partial charge in [-0.05, 0) is 38.5 Å².